The van der Waals surface area contributed by atoms with Crippen LogP contribution >= 0.6 is 0 Å². The SMILES string of the molecule is COc1ccc2ccnc(N(CCC(=N)N)C3CC3)c2c1. The highest BCUT2D eigenvalue weighted by molar-refractivity contribution is 5.93. The first-order valence-electron chi connectivity index (χ1n) is 7.21. The average molecular weight is 284 g/mol. The molecule has 1 saturated carbocycles. The number of fused-ring (bicyclic) bond motifs is 1. The van der Waals surface area contributed by atoms with Crippen LogP contribution in [-0.4, -0.2) is 30.5 Å². The predicted molar refractivity (Wildman–Crippen MR) is 85.2 cm³/mol. The van der Waals surface area contributed by atoms with Crippen LogP contribution in [0, 0.1) is 5.41 Å². The topological polar surface area (TPSA) is 75.2 Å². The fraction of sp³-hybridized carbons (Fsp3) is 0.375. The van der Waals surface area contributed by atoms with Crippen molar-refractivity contribution in [3.63, 3.8) is 0 Å². The molecule has 0 atom stereocenters. The Labute approximate surface area is 124 Å². The van der Waals surface area contributed by atoms with Crippen molar-refractivity contribution in [1.82, 2.24) is 4.98 Å². The summed E-state index contributed by atoms with van der Waals surface area (Å²) in [6.45, 7) is 0.739. The number of anilines is 1. The van der Waals surface area contributed by atoms with Gasteiger partial charge in [-0.05, 0) is 36.4 Å². The zero-order valence-corrected chi connectivity index (χ0v) is 12.2. The van der Waals surface area contributed by atoms with Gasteiger partial charge in [0.05, 0.1) is 12.9 Å². The number of methoxy groups -OCH3 is 1. The molecule has 110 valence electrons. The number of rotatable bonds is 6. The van der Waals surface area contributed by atoms with Crippen molar-refractivity contribution in [1.29, 1.82) is 5.41 Å². The molecule has 0 spiro atoms. The number of hydrogen-bond acceptors (Lipinski definition) is 4. The smallest absolute Gasteiger partial charge is 0.136 e. The van der Waals surface area contributed by atoms with Crippen LogP contribution in [0.3, 0.4) is 0 Å². The Balaban J connectivity index is 2.01. The molecule has 1 fully saturated rings. The van der Waals surface area contributed by atoms with Crippen molar-refractivity contribution in [3.05, 3.63) is 30.5 Å². The maximum absolute atomic E-state index is 7.45. The van der Waals surface area contributed by atoms with E-state index in [1.54, 1.807) is 7.11 Å². The highest BCUT2D eigenvalue weighted by atomic mass is 16.5. The summed E-state index contributed by atoms with van der Waals surface area (Å²) in [6.07, 6.45) is 4.77. The van der Waals surface area contributed by atoms with Crippen molar-refractivity contribution < 1.29 is 4.74 Å². The largest absolute Gasteiger partial charge is 0.497 e. The molecule has 2 aromatic rings. The van der Waals surface area contributed by atoms with Gasteiger partial charge in [-0.2, -0.15) is 0 Å². The quantitative estimate of drug-likeness (QED) is 0.631. The van der Waals surface area contributed by atoms with Crippen LogP contribution in [-0.2, 0) is 0 Å². The van der Waals surface area contributed by atoms with E-state index in [0.29, 0.717) is 12.5 Å². The van der Waals surface area contributed by atoms with Gasteiger partial charge in [-0.25, -0.2) is 4.98 Å². The molecular weight excluding hydrogens is 264 g/mol. The summed E-state index contributed by atoms with van der Waals surface area (Å²) in [5.74, 6) is 2.02. The normalized spacial score (nSPS) is 14.1. The molecular formula is C16H20N4O. The summed E-state index contributed by atoms with van der Waals surface area (Å²) in [4.78, 5) is 6.86. The summed E-state index contributed by atoms with van der Waals surface area (Å²) in [7, 11) is 1.67. The number of amidine groups is 1. The second kappa shape index (κ2) is 5.60. The fourth-order valence-corrected chi connectivity index (χ4v) is 2.58. The maximum atomic E-state index is 7.45. The highest BCUT2D eigenvalue weighted by Crippen LogP contribution is 2.35. The number of nitrogens with one attached hydrogen (secondary N) is 1. The summed E-state index contributed by atoms with van der Waals surface area (Å²) in [6, 6.07) is 8.57. The molecule has 0 unspecified atom stereocenters. The van der Waals surface area contributed by atoms with Gasteiger partial charge in [0.2, 0.25) is 0 Å². The van der Waals surface area contributed by atoms with Crippen LogP contribution in [0.15, 0.2) is 30.5 Å². The van der Waals surface area contributed by atoms with Gasteiger partial charge in [-0.3, -0.25) is 5.41 Å². The first-order valence-corrected chi connectivity index (χ1v) is 7.21. The molecule has 1 aromatic carbocycles. The molecule has 1 heterocycles. The molecule has 3 N–H and O–H groups in total. The Morgan fingerprint density at radius 3 is 2.90 bits per heavy atom. The van der Waals surface area contributed by atoms with Crippen LogP contribution in [0.1, 0.15) is 19.3 Å². The monoisotopic (exact) mass is 284 g/mol. The van der Waals surface area contributed by atoms with Gasteiger partial charge in [-0.1, -0.05) is 6.07 Å². The van der Waals surface area contributed by atoms with Gasteiger partial charge in [0.15, 0.2) is 0 Å². The molecule has 5 heteroatoms. The lowest BCUT2D eigenvalue weighted by atomic mass is 10.1. The molecule has 0 aliphatic heterocycles. The minimum absolute atomic E-state index is 0.221. The van der Waals surface area contributed by atoms with E-state index in [1.807, 2.05) is 24.4 Å². The number of ether oxygens (including phenoxy) is 1. The second-order valence-electron chi connectivity index (χ2n) is 5.42. The summed E-state index contributed by atoms with van der Waals surface area (Å²) in [5.41, 5.74) is 5.51. The zero-order chi connectivity index (χ0) is 14.8. The van der Waals surface area contributed by atoms with E-state index in [4.69, 9.17) is 15.9 Å². The highest BCUT2D eigenvalue weighted by Gasteiger charge is 2.30. The number of pyridine rings is 1. The first-order chi connectivity index (χ1) is 10.2. The van der Waals surface area contributed by atoms with Gasteiger partial charge in [0, 0.05) is 30.6 Å². The minimum Gasteiger partial charge on any atom is -0.497 e. The molecule has 21 heavy (non-hydrogen) atoms. The lowest BCUT2D eigenvalue weighted by Crippen LogP contribution is -2.30. The number of hydrogen-bond donors (Lipinski definition) is 2. The zero-order valence-electron chi connectivity index (χ0n) is 12.2. The predicted octanol–water partition coefficient (Wildman–Crippen LogP) is 2.54. The van der Waals surface area contributed by atoms with E-state index in [-0.39, 0.29) is 5.84 Å². The summed E-state index contributed by atoms with van der Waals surface area (Å²) in [5, 5.41) is 9.69. The fourth-order valence-electron chi connectivity index (χ4n) is 2.58. The molecule has 0 saturated heterocycles. The van der Waals surface area contributed by atoms with Crippen molar-refractivity contribution in [2.24, 2.45) is 5.73 Å². The molecule has 1 aromatic heterocycles. The molecule has 0 amide bonds. The van der Waals surface area contributed by atoms with Crippen LogP contribution in [0.5, 0.6) is 5.75 Å². The number of nitrogens with two attached hydrogens (primary N) is 1. The van der Waals surface area contributed by atoms with Crippen molar-refractivity contribution in [2.75, 3.05) is 18.6 Å². The molecule has 5 nitrogen and oxygen atoms in total. The van der Waals surface area contributed by atoms with E-state index in [2.05, 4.69) is 16.0 Å². The summed E-state index contributed by atoms with van der Waals surface area (Å²) < 4.78 is 5.33. The Morgan fingerprint density at radius 1 is 1.43 bits per heavy atom. The van der Waals surface area contributed by atoms with E-state index in [0.717, 1.165) is 28.9 Å². The number of aromatic nitrogens is 1. The van der Waals surface area contributed by atoms with Crippen LogP contribution < -0.4 is 15.4 Å². The molecule has 1 aliphatic rings. The minimum atomic E-state index is 0.221. The van der Waals surface area contributed by atoms with E-state index < -0.39 is 0 Å². The van der Waals surface area contributed by atoms with Gasteiger partial charge in [0.1, 0.15) is 11.6 Å². The van der Waals surface area contributed by atoms with Gasteiger partial charge < -0.3 is 15.4 Å². The second-order valence-corrected chi connectivity index (χ2v) is 5.42. The lowest BCUT2D eigenvalue weighted by Gasteiger charge is -2.24. The number of benzene rings is 1. The molecule has 0 radical (unpaired) electrons. The van der Waals surface area contributed by atoms with Crippen LogP contribution in [0.2, 0.25) is 0 Å². The molecule has 1 aliphatic carbocycles. The van der Waals surface area contributed by atoms with Gasteiger partial charge in [-0.15, -0.1) is 0 Å². The summed E-state index contributed by atoms with van der Waals surface area (Å²) >= 11 is 0. The third-order valence-electron chi connectivity index (χ3n) is 3.83. The van der Waals surface area contributed by atoms with E-state index in [1.165, 1.54) is 12.8 Å². The number of nitrogens with zero attached hydrogens (tertiary/aromatic N) is 2. The first kappa shape index (κ1) is 13.7. The third kappa shape index (κ3) is 2.91. The Morgan fingerprint density at radius 2 is 2.24 bits per heavy atom. The molecule has 3 rings (SSSR count). The Bertz CT molecular complexity index is 666. The third-order valence-corrected chi connectivity index (χ3v) is 3.83. The van der Waals surface area contributed by atoms with Crippen molar-refractivity contribution >= 4 is 22.4 Å². The Kier molecular flexibility index (Phi) is 3.64. The standard InChI is InChI=1S/C16H20N4O/c1-21-13-5-2-11-6-8-19-16(14(11)10-13)20(12-3-4-12)9-7-15(17)18/h2,5-6,8,10,12H,3-4,7,9H2,1H3,(H3,17,18). The maximum Gasteiger partial charge on any atom is 0.136 e. The van der Waals surface area contributed by atoms with E-state index >= 15 is 0 Å². The van der Waals surface area contributed by atoms with Crippen molar-refractivity contribution in [3.8, 4) is 5.75 Å². The average Bonchev–Trinajstić information content (AvgIpc) is 3.31. The van der Waals surface area contributed by atoms with Crippen LogP contribution in [0.4, 0.5) is 5.82 Å². The van der Waals surface area contributed by atoms with Crippen molar-refractivity contribution in [2.45, 2.75) is 25.3 Å². The Hall–Kier alpha value is -2.30. The van der Waals surface area contributed by atoms with Gasteiger partial charge >= 0.3 is 0 Å². The van der Waals surface area contributed by atoms with Gasteiger partial charge in [0.25, 0.3) is 0 Å². The van der Waals surface area contributed by atoms with Crippen LogP contribution in [0.25, 0.3) is 10.8 Å². The van der Waals surface area contributed by atoms with E-state index in [9.17, 15) is 0 Å². The molecule has 0 bridgehead atoms. The lowest BCUT2D eigenvalue weighted by molar-refractivity contribution is 0.415.